The van der Waals surface area contributed by atoms with Gasteiger partial charge < -0.3 is 5.32 Å². The molecule has 2 nitrogen and oxygen atoms in total. The van der Waals surface area contributed by atoms with Gasteiger partial charge in [-0.2, -0.15) is 0 Å². The maximum atomic E-state index is 12.0. The normalized spacial score (nSPS) is 31.3. The van der Waals surface area contributed by atoms with Crippen LogP contribution in [0.3, 0.4) is 0 Å². The van der Waals surface area contributed by atoms with E-state index in [0.29, 0.717) is 5.78 Å². The molecule has 1 heterocycles. The summed E-state index contributed by atoms with van der Waals surface area (Å²) in [6.07, 6.45) is 4.36. The van der Waals surface area contributed by atoms with Crippen LogP contribution in [0.15, 0.2) is 0 Å². The minimum Gasteiger partial charge on any atom is -0.305 e. The van der Waals surface area contributed by atoms with Gasteiger partial charge in [0.05, 0.1) is 5.54 Å². The first-order valence-corrected chi connectivity index (χ1v) is 5.39. The topological polar surface area (TPSA) is 29.1 Å². The summed E-state index contributed by atoms with van der Waals surface area (Å²) in [6.45, 7) is 7.16. The SMILES string of the molecule is CCC(C)C(=O)C1(C)CCCCN1. The molecule has 1 fully saturated rings. The van der Waals surface area contributed by atoms with E-state index < -0.39 is 0 Å². The fraction of sp³-hybridized carbons (Fsp3) is 0.909. The minimum atomic E-state index is -0.228. The molecule has 0 spiro atoms. The Morgan fingerprint density at radius 1 is 1.54 bits per heavy atom. The number of rotatable bonds is 3. The quantitative estimate of drug-likeness (QED) is 0.726. The highest BCUT2D eigenvalue weighted by atomic mass is 16.1. The van der Waals surface area contributed by atoms with Crippen molar-refractivity contribution in [3.8, 4) is 0 Å². The van der Waals surface area contributed by atoms with Gasteiger partial charge in [0.15, 0.2) is 5.78 Å². The van der Waals surface area contributed by atoms with Crippen LogP contribution in [0.1, 0.15) is 46.5 Å². The molecule has 76 valence electrons. The number of carbonyl (C=O) groups excluding carboxylic acids is 1. The van der Waals surface area contributed by atoms with Gasteiger partial charge in [-0.1, -0.05) is 13.8 Å². The molecule has 1 saturated heterocycles. The van der Waals surface area contributed by atoms with Crippen molar-refractivity contribution in [2.24, 2.45) is 5.92 Å². The summed E-state index contributed by atoms with van der Waals surface area (Å²) in [5, 5.41) is 3.36. The number of piperidine rings is 1. The molecule has 1 rings (SSSR count). The van der Waals surface area contributed by atoms with Gasteiger partial charge >= 0.3 is 0 Å². The van der Waals surface area contributed by atoms with Crippen LogP contribution in [-0.4, -0.2) is 17.9 Å². The Balaban J connectivity index is 2.61. The van der Waals surface area contributed by atoms with Crippen LogP contribution in [0.5, 0.6) is 0 Å². The van der Waals surface area contributed by atoms with Crippen molar-refractivity contribution in [1.82, 2.24) is 5.32 Å². The lowest BCUT2D eigenvalue weighted by atomic mass is 9.81. The second-order valence-corrected chi connectivity index (χ2v) is 4.39. The van der Waals surface area contributed by atoms with E-state index in [0.717, 1.165) is 19.4 Å². The molecule has 1 N–H and O–H groups in total. The van der Waals surface area contributed by atoms with Gasteiger partial charge in [-0.15, -0.1) is 0 Å². The fourth-order valence-electron chi connectivity index (χ4n) is 2.00. The standard InChI is InChI=1S/C11H21NO/c1-4-9(2)10(13)11(3)7-5-6-8-12-11/h9,12H,4-8H2,1-3H3. The average molecular weight is 183 g/mol. The van der Waals surface area contributed by atoms with E-state index >= 15 is 0 Å². The number of nitrogens with one attached hydrogen (secondary N) is 1. The summed E-state index contributed by atoms with van der Waals surface area (Å²) >= 11 is 0. The monoisotopic (exact) mass is 183 g/mol. The largest absolute Gasteiger partial charge is 0.305 e. The Labute approximate surface area is 81.1 Å². The first-order valence-electron chi connectivity index (χ1n) is 5.39. The molecule has 2 atom stereocenters. The van der Waals surface area contributed by atoms with Gasteiger partial charge in [0.1, 0.15) is 0 Å². The minimum absolute atomic E-state index is 0.204. The van der Waals surface area contributed by atoms with Crippen molar-refractivity contribution < 1.29 is 4.79 Å². The highest BCUT2D eigenvalue weighted by Crippen LogP contribution is 2.23. The maximum absolute atomic E-state index is 12.0. The second kappa shape index (κ2) is 4.23. The van der Waals surface area contributed by atoms with Crippen molar-refractivity contribution in [2.45, 2.75) is 52.0 Å². The van der Waals surface area contributed by atoms with E-state index in [4.69, 9.17) is 0 Å². The van der Waals surface area contributed by atoms with Crippen LogP contribution in [0, 0.1) is 5.92 Å². The Kier molecular flexibility index (Phi) is 3.48. The van der Waals surface area contributed by atoms with Crippen LogP contribution in [0.4, 0.5) is 0 Å². The molecule has 1 aliphatic rings. The number of ketones is 1. The summed E-state index contributed by atoms with van der Waals surface area (Å²) in [6, 6.07) is 0. The van der Waals surface area contributed by atoms with E-state index in [1.807, 2.05) is 6.92 Å². The van der Waals surface area contributed by atoms with Crippen molar-refractivity contribution in [3.05, 3.63) is 0 Å². The van der Waals surface area contributed by atoms with E-state index in [1.54, 1.807) is 0 Å². The zero-order valence-electron chi connectivity index (χ0n) is 9.02. The third-order valence-electron chi connectivity index (χ3n) is 3.22. The van der Waals surface area contributed by atoms with E-state index in [-0.39, 0.29) is 11.5 Å². The summed E-state index contributed by atoms with van der Waals surface area (Å²) in [5.41, 5.74) is -0.228. The lowest BCUT2D eigenvalue weighted by Crippen LogP contribution is -2.54. The van der Waals surface area contributed by atoms with Gasteiger partial charge in [0.2, 0.25) is 0 Å². The van der Waals surface area contributed by atoms with Crippen LogP contribution < -0.4 is 5.32 Å². The Hall–Kier alpha value is -0.370. The predicted molar refractivity (Wildman–Crippen MR) is 54.7 cm³/mol. The maximum Gasteiger partial charge on any atom is 0.155 e. The molecule has 13 heavy (non-hydrogen) atoms. The fourth-order valence-corrected chi connectivity index (χ4v) is 2.00. The molecule has 1 aliphatic heterocycles. The van der Waals surface area contributed by atoms with E-state index in [9.17, 15) is 4.79 Å². The molecule has 2 unspecified atom stereocenters. The van der Waals surface area contributed by atoms with Gasteiger partial charge in [-0.05, 0) is 39.2 Å². The summed E-state index contributed by atoms with van der Waals surface area (Å²) in [4.78, 5) is 12.0. The second-order valence-electron chi connectivity index (χ2n) is 4.39. The molecular formula is C11H21NO. The third kappa shape index (κ3) is 2.31. The molecule has 0 amide bonds. The predicted octanol–water partition coefficient (Wildman–Crippen LogP) is 2.13. The van der Waals surface area contributed by atoms with E-state index in [2.05, 4.69) is 19.2 Å². The lowest BCUT2D eigenvalue weighted by molar-refractivity contribution is -0.129. The Morgan fingerprint density at radius 2 is 2.23 bits per heavy atom. The Bertz CT molecular complexity index is 183. The van der Waals surface area contributed by atoms with Crippen molar-refractivity contribution in [2.75, 3.05) is 6.54 Å². The van der Waals surface area contributed by atoms with Gasteiger partial charge in [-0.3, -0.25) is 4.79 Å². The number of hydrogen-bond donors (Lipinski definition) is 1. The molecule has 0 saturated carbocycles. The van der Waals surface area contributed by atoms with Gasteiger partial charge in [0.25, 0.3) is 0 Å². The molecule has 0 bridgehead atoms. The first kappa shape index (κ1) is 10.7. The van der Waals surface area contributed by atoms with Crippen molar-refractivity contribution >= 4 is 5.78 Å². The Morgan fingerprint density at radius 3 is 2.69 bits per heavy atom. The first-order chi connectivity index (χ1) is 6.10. The van der Waals surface area contributed by atoms with Gasteiger partial charge in [-0.25, -0.2) is 0 Å². The van der Waals surface area contributed by atoms with Crippen LogP contribution in [-0.2, 0) is 4.79 Å². The van der Waals surface area contributed by atoms with Crippen molar-refractivity contribution in [3.63, 3.8) is 0 Å². The van der Waals surface area contributed by atoms with Crippen molar-refractivity contribution in [1.29, 1.82) is 0 Å². The highest BCUT2D eigenvalue weighted by molar-refractivity contribution is 5.89. The number of carbonyl (C=O) groups is 1. The number of Topliss-reactive ketones (excluding diaryl/α,β-unsaturated/α-hetero) is 1. The molecule has 0 aromatic heterocycles. The smallest absolute Gasteiger partial charge is 0.155 e. The summed E-state index contributed by atoms with van der Waals surface area (Å²) in [7, 11) is 0. The summed E-state index contributed by atoms with van der Waals surface area (Å²) < 4.78 is 0. The number of hydrogen-bond acceptors (Lipinski definition) is 2. The average Bonchev–Trinajstić information content (AvgIpc) is 2.16. The lowest BCUT2D eigenvalue weighted by Gasteiger charge is -2.35. The molecule has 0 aliphatic carbocycles. The summed E-state index contributed by atoms with van der Waals surface area (Å²) in [5.74, 6) is 0.602. The van der Waals surface area contributed by atoms with E-state index in [1.165, 1.54) is 12.8 Å². The van der Waals surface area contributed by atoms with Crippen LogP contribution in [0.2, 0.25) is 0 Å². The third-order valence-corrected chi connectivity index (χ3v) is 3.22. The zero-order chi connectivity index (χ0) is 9.90. The zero-order valence-corrected chi connectivity index (χ0v) is 9.02. The molecule has 0 aromatic carbocycles. The van der Waals surface area contributed by atoms with Gasteiger partial charge in [0, 0.05) is 5.92 Å². The molecule has 0 radical (unpaired) electrons. The highest BCUT2D eigenvalue weighted by Gasteiger charge is 2.35. The molecule has 2 heteroatoms. The molecular weight excluding hydrogens is 162 g/mol. The van der Waals surface area contributed by atoms with Crippen LogP contribution >= 0.6 is 0 Å². The van der Waals surface area contributed by atoms with Crippen LogP contribution in [0.25, 0.3) is 0 Å². The molecule has 0 aromatic rings.